The summed E-state index contributed by atoms with van der Waals surface area (Å²) in [7, 11) is 0. The zero-order valence-electron chi connectivity index (χ0n) is 13.6. The molecule has 7 heteroatoms. The van der Waals surface area contributed by atoms with Crippen molar-refractivity contribution in [3.8, 4) is 5.69 Å². The van der Waals surface area contributed by atoms with Crippen LogP contribution in [0.15, 0.2) is 52.4 Å². The number of fused-ring (bicyclic) bond motifs is 1. The van der Waals surface area contributed by atoms with E-state index in [0.717, 1.165) is 34.9 Å². The van der Waals surface area contributed by atoms with Gasteiger partial charge in [-0.3, -0.25) is 14.2 Å². The molecule has 3 aromatic rings. The summed E-state index contributed by atoms with van der Waals surface area (Å²) in [5.74, 6) is -1.49. The van der Waals surface area contributed by atoms with Gasteiger partial charge in [0.15, 0.2) is 5.16 Å². The maximum absolute atomic E-state index is 14.4. The van der Waals surface area contributed by atoms with Crippen molar-refractivity contribution in [2.75, 3.05) is 0 Å². The Balaban J connectivity index is 1.96. The van der Waals surface area contributed by atoms with Crippen molar-refractivity contribution < 1.29 is 13.6 Å². The monoisotopic (exact) mass is 372 g/mol. The summed E-state index contributed by atoms with van der Waals surface area (Å²) in [6, 6.07) is 9.79. The molecule has 0 bridgehead atoms. The van der Waals surface area contributed by atoms with Crippen LogP contribution in [-0.2, 0) is 4.79 Å². The molecule has 1 heterocycles. The Morgan fingerprint density at radius 2 is 1.92 bits per heavy atom. The number of carbonyl (C=O) groups is 1. The average Bonchev–Trinajstić information content (AvgIpc) is 3.01. The summed E-state index contributed by atoms with van der Waals surface area (Å²) < 4.78 is 28.8. The molecule has 4 rings (SSSR count). The zero-order chi connectivity index (χ0) is 18.3. The zero-order valence-corrected chi connectivity index (χ0v) is 14.4. The first kappa shape index (κ1) is 16.9. The molecule has 1 aliphatic rings. The molecule has 0 N–H and O–H groups in total. The summed E-state index contributed by atoms with van der Waals surface area (Å²) in [6.45, 7) is 0. The number of nitrogens with zero attached hydrogens (tertiary/aromatic N) is 2. The molecule has 0 spiro atoms. The van der Waals surface area contributed by atoms with Crippen LogP contribution in [0, 0.1) is 11.6 Å². The Hall–Kier alpha value is -2.54. The second kappa shape index (κ2) is 6.64. The molecule has 4 nitrogen and oxygen atoms in total. The summed E-state index contributed by atoms with van der Waals surface area (Å²) >= 11 is 1.16. The first-order valence-corrected chi connectivity index (χ1v) is 9.09. The number of carbonyl (C=O) groups excluding carboxylic acids is 1. The van der Waals surface area contributed by atoms with Gasteiger partial charge in [-0.2, -0.15) is 0 Å². The Bertz CT molecular complexity index is 1080. The quantitative estimate of drug-likeness (QED) is 0.655. The van der Waals surface area contributed by atoms with Gasteiger partial charge in [0.25, 0.3) is 5.56 Å². The van der Waals surface area contributed by atoms with Crippen molar-refractivity contribution in [1.82, 2.24) is 9.55 Å². The van der Waals surface area contributed by atoms with Crippen LogP contribution in [0.25, 0.3) is 16.6 Å². The third-order valence-corrected chi connectivity index (χ3v) is 5.66. The van der Waals surface area contributed by atoms with Gasteiger partial charge in [0.1, 0.15) is 17.4 Å². The lowest BCUT2D eigenvalue weighted by atomic mass is 10.2. The lowest BCUT2D eigenvalue weighted by Gasteiger charge is -2.15. The Kier molecular flexibility index (Phi) is 4.32. The standard InChI is InChI=1S/C19H14F2N2O2S/c20-11-8-9-15(13(21)10-11)23-18(25)12-4-1-2-5-14(12)22-19(23)26-17-7-3-6-16(17)24/h1-2,4-5,8-10,17H,3,6-7H2. The van der Waals surface area contributed by atoms with E-state index in [2.05, 4.69) is 4.98 Å². The first-order chi connectivity index (χ1) is 12.5. The van der Waals surface area contributed by atoms with E-state index in [-0.39, 0.29) is 21.9 Å². The molecule has 1 saturated carbocycles. The molecule has 2 aromatic carbocycles. The van der Waals surface area contributed by atoms with Gasteiger partial charge in [-0.1, -0.05) is 23.9 Å². The number of halogens is 2. The number of thioether (sulfide) groups is 1. The minimum atomic E-state index is -0.858. The molecule has 0 saturated heterocycles. The number of ketones is 1. The van der Waals surface area contributed by atoms with E-state index >= 15 is 0 Å². The molecular formula is C19H14F2N2O2S. The summed E-state index contributed by atoms with van der Waals surface area (Å²) in [5, 5.41) is 0.260. The van der Waals surface area contributed by atoms with Crippen LogP contribution >= 0.6 is 11.8 Å². The van der Waals surface area contributed by atoms with E-state index in [1.54, 1.807) is 24.3 Å². The summed E-state index contributed by atoms with van der Waals surface area (Å²) in [6.07, 6.45) is 1.98. The van der Waals surface area contributed by atoms with Gasteiger partial charge in [-0.15, -0.1) is 0 Å². The molecule has 1 fully saturated rings. The fraction of sp³-hybridized carbons (Fsp3) is 0.211. The molecule has 132 valence electrons. The van der Waals surface area contributed by atoms with Gasteiger partial charge in [0.05, 0.1) is 21.8 Å². The predicted molar refractivity (Wildman–Crippen MR) is 95.8 cm³/mol. The van der Waals surface area contributed by atoms with Gasteiger partial charge in [-0.25, -0.2) is 13.8 Å². The topological polar surface area (TPSA) is 52.0 Å². The molecule has 0 radical (unpaired) electrons. The minimum absolute atomic E-state index is 0.0809. The molecule has 26 heavy (non-hydrogen) atoms. The number of hydrogen-bond acceptors (Lipinski definition) is 4. The van der Waals surface area contributed by atoms with Crippen molar-refractivity contribution >= 4 is 28.4 Å². The lowest BCUT2D eigenvalue weighted by molar-refractivity contribution is -0.116. The SMILES string of the molecule is O=C1CCCC1Sc1nc2ccccc2c(=O)n1-c1ccc(F)cc1F. The smallest absolute Gasteiger partial charge is 0.266 e. The second-order valence-corrected chi connectivity index (χ2v) is 7.28. The minimum Gasteiger partial charge on any atom is -0.298 e. The van der Waals surface area contributed by atoms with Crippen molar-refractivity contribution in [3.63, 3.8) is 0 Å². The van der Waals surface area contributed by atoms with E-state index in [0.29, 0.717) is 23.7 Å². The number of para-hydroxylation sites is 1. The largest absolute Gasteiger partial charge is 0.298 e. The highest BCUT2D eigenvalue weighted by molar-refractivity contribution is 8.00. The van der Waals surface area contributed by atoms with Gasteiger partial charge < -0.3 is 0 Å². The fourth-order valence-electron chi connectivity index (χ4n) is 3.10. The number of benzene rings is 2. The number of rotatable bonds is 3. The third-order valence-electron chi connectivity index (χ3n) is 4.39. The molecule has 0 amide bonds. The highest BCUT2D eigenvalue weighted by Crippen LogP contribution is 2.33. The molecular weight excluding hydrogens is 358 g/mol. The van der Waals surface area contributed by atoms with Crippen LogP contribution < -0.4 is 5.56 Å². The summed E-state index contributed by atoms with van der Waals surface area (Å²) in [4.78, 5) is 29.5. The van der Waals surface area contributed by atoms with Crippen LogP contribution in [0.1, 0.15) is 19.3 Å². The fourth-order valence-corrected chi connectivity index (χ4v) is 4.33. The molecule has 1 atom stereocenters. The van der Waals surface area contributed by atoms with Gasteiger partial charge in [-0.05, 0) is 37.1 Å². The highest BCUT2D eigenvalue weighted by atomic mass is 32.2. The van der Waals surface area contributed by atoms with Gasteiger partial charge in [0, 0.05) is 12.5 Å². The van der Waals surface area contributed by atoms with Gasteiger partial charge >= 0.3 is 0 Å². The van der Waals surface area contributed by atoms with Crippen LogP contribution in [0.3, 0.4) is 0 Å². The number of hydrogen-bond donors (Lipinski definition) is 0. The van der Waals surface area contributed by atoms with Crippen LogP contribution in [0.4, 0.5) is 8.78 Å². The van der Waals surface area contributed by atoms with Crippen molar-refractivity contribution in [3.05, 3.63) is 64.5 Å². The van der Waals surface area contributed by atoms with Gasteiger partial charge in [0.2, 0.25) is 0 Å². The molecule has 0 aliphatic heterocycles. The lowest BCUT2D eigenvalue weighted by Crippen LogP contribution is -2.24. The second-order valence-electron chi connectivity index (χ2n) is 6.11. The van der Waals surface area contributed by atoms with E-state index in [1.807, 2.05) is 0 Å². The Morgan fingerprint density at radius 3 is 2.65 bits per heavy atom. The van der Waals surface area contributed by atoms with Crippen molar-refractivity contribution in [2.45, 2.75) is 29.7 Å². The number of Topliss-reactive ketones (excluding diaryl/α,β-unsaturated/α-hetero) is 1. The number of aromatic nitrogens is 2. The van der Waals surface area contributed by atoms with Crippen LogP contribution in [-0.4, -0.2) is 20.6 Å². The normalized spacial score (nSPS) is 17.2. The first-order valence-electron chi connectivity index (χ1n) is 8.21. The third kappa shape index (κ3) is 2.92. The molecule has 1 aromatic heterocycles. The van der Waals surface area contributed by atoms with Crippen molar-refractivity contribution in [2.24, 2.45) is 0 Å². The molecule has 1 aliphatic carbocycles. The van der Waals surface area contributed by atoms with Crippen LogP contribution in [0.2, 0.25) is 0 Å². The van der Waals surface area contributed by atoms with E-state index in [1.165, 1.54) is 6.07 Å². The maximum atomic E-state index is 14.4. The van der Waals surface area contributed by atoms with Crippen LogP contribution in [0.5, 0.6) is 0 Å². The average molecular weight is 372 g/mol. The molecule has 1 unspecified atom stereocenters. The van der Waals surface area contributed by atoms with Crippen molar-refractivity contribution in [1.29, 1.82) is 0 Å². The van der Waals surface area contributed by atoms with E-state index < -0.39 is 17.2 Å². The Morgan fingerprint density at radius 1 is 1.12 bits per heavy atom. The predicted octanol–water partition coefficient (Wildman–Crippen LogP) is 3.88. The summed E-state index contributed by atoms with van der Waals surface area (Å²) in [5.41, 5.74) is -0.0548. The van der Waals surface area contributed by atoms with E-state index in [9.17, 15) is 18.4 Å². The van der Waals surface area contributed by atoms with E-state index in [4.69, 9.17) is 0 Å². The maximum Gasteiger partial charge on any atom is 0.266 e. The highest BCUT2D eigenvalue weighted by Gasteiger charge is 2.28. The Labute approximate surface area is 151 Å².